The Kier molecular flexibility index (Phi) is 5.59. The van der Waals surface area contributed by atoms with E-state index in [1.54, 1.807) is 24.3 Å². The zero-order chi connectivity index (χ0) is 17.9. The number of methoxy groups -OCH3 is 1. The average Bonchev–Trinajstić information content (AvgIpc) is 3.29. The summed E-state index contributed by atoms with van der Waals surface area (Å²) in [4.78, 5) is 37.4. The Labute approximate surface area is 142 Å². The lowest BCUT2D eigenvalue weighted by molar-refractivity contribution is -0.141. The van der Waals surface area contributed by atoms with Gasteiger partial charge in [0.25, 0.3) is 5.91 Å². The van der Waals surface area contributed by atoms with Crippen molar-refractivity contribution >= 4 is 23.5 Å². The van der Waals surface area contributed by atoms with Crippen molar-refractivity contribution in [2.24, 2.45) is 11.8 Å². The maximum Gasteiger partial charge on any atom is 0.325 e. The molecule has 2 unspecified atom stereocenters. The molecular weight excluding hydrogens is 308 g/mol. The summed E-state index contributed by atoms with van der Waals surface area (Å²) in [5.41, 5.74) is 1.13. The van der Waals surface area contributed by atoms with Crippen LogP contribution < -0.4 is 5.32 Å². The van der Waals surface area contributed by atoms with Crippen molar-refractivity contribution in [3.05, 3.63) is 29.8 Å². The number of ether oxygens (including phenoxy) is 1. The second-order valence-electron chi connectivity index (χ2n) is 6.49. The first-order valence-electron chi connectivity index (χ1n) is 8.12. The van der Waals surface area contributed by atoms with Crippen LogP contribution in [0.15, 0.2) is 24.3 Å². The fraction of sp³-hybridized carbons (Fsp3) is 0.500. The lowest BCUT2D eigenvalue weighted by Crippen LogP contribution is -2.41. The van der Waals surface area contributed by atoms with Crippen LogP contribution >= 0.6 is 0 Å². The number of carbonyl (C=O) groups is 3. The second kappa shape index (κ2) is 7.47. The number of rotatable bonds is 6. The van der Waals surface area contributed by atoms with Crippen molar-refractivity contribution in [2.75, 3.05) is 19.0 Å². The summed E-state index contributed by atoms with van der Waals surface area (Å²) in [5, 5.41) is 2.86. The number of esters is 1. The van der Waals surface area contributed by atoms with Gasteiger partial charge in [-0.05, 0) is 50.5 Å². The molecule has 1 aromatic rings. The average molecular weight is 332 g/mol. The van der Waals surface area contributed by atoms with Gasteiger partial charge in [-0.1, -0.05) is 6.92 Å². The molecule has 6 heteroatoms. The van der Waals surface area contributed by atoms with Gasteiger partial charge in [0.15, 0.2) is 0 Å². The van der Waals surface area contributed by atoms with Crippen LogP contribution in [0, 0.1) is 11.8 Å². The van der Waals surface area contributed by atoms with Crippen molar-refractivity contribution in [3.63, 3.8) is 0 Å². The predicted octanol–water partition coefficient (Wildman–Crippen LogP) is 2.30. The van der Waals surface area contributed by atoms with E-state index < -0.39 is 5.97 Å². The molecule has 0 heterocycles. The summed E-state index contributed by atoms with van der Waals surface area (Å²) in [6, 6.07) is 6.58. The molecule has 24 heavy (non-hydrogen) atoms. The number of carbonyl (C=O) groups excluding carboxylic acids is 3. The normalized spacial score (nSPS) is 18.9. The summed E-state index contributed by atoms with van der Waals surface area (Å²) < 4.78 is 4.64. The lowest BCUT2D eigenvalue weighted by atomic mass is 10.1. The molecule has 1 aliphatic rings. The minimum Gasteiger partial charge on any atom is -0.468 e. The van der Waals surface area contributed by atoms with E-state index in [9.17, 15) is 14.4 Å². The van der Waals surface area contributed by atoms with Crippen LogP contribution in [0.4, 0.5) is 5.69 Å². The monoisotopic (exact) mass is 332 g/mol. The number of nitrogens with zero attached hydrogens (tertiary/aromatic N) is 1. The standard InChI is InChI=1S/C18H24N2O4/c1-11(2)20(10-16(21)24-4)18(23)13-5-7-14(8-6-13)19-17(22)15-9-12(15)3/h5-8,11-12,15H,9-10H2,1-4H3,(H,19,22). The van der Waals surface area contributed by atoms with Crippen LogP contribution in [0.3, 0.4) is 0 Å². The smallest absolute Gasteiger partial charge is 0.325 e. The van der Waals surface area contributed by atoms with Gasteiger partial charge in [-0.15, -0.1) is 0 Å². The predicted molar refractivity (Wildman–Crippen MR) is 90.5 cm³/mol. The first-order chi connectivity index (χ1) is 11.3. The van der Waals surface area contributed by atoms with E-state index in [0.29, 0.717) is 17.2 Å². The molecule has 0 bridgehead atoms. The van der Waals surface area contributed by atoms with E-state index in [1.165, 1.54) is 12.0 Å². The quantitative estimate of drug-likeness (QED) is 0.811. The number of nitrogens with one attached hydrogen (secondary N) is 1. The fourth-order valence-corrected chi connectivity index (χ4v) is 2.48. The fourth-order valence-electron chi connectivity index (χ4n) is 2.48. The largest absolute Gasteiger partial charge is 0.468 e. The third-order valence-electron chi connectivity index (χ3n) is 4.26. The summed E-state index contributed by atoms with van der Waals surface area (Å²) in [5.74, 6) is -0.133. The van der Waals surface area contributed by atoms with E-state index in [1.807, 2.05) is 20.8 Å². The molecule has 1 N–H and O–H groups in total. The van der Waals surface area contributed by atoms with Gasteiger partial charge in [-0.25, -0.2) is 0 Å². The van der Waals surface area contributed by atoms with Gasteiger partial charge in [0.2, 0.25) is 5.91 Å². The second-order valence-corrected chi connectivity index (χ2v) is 6.49. The molecule has 0 aliphatic heterocycles. The molecule has 0 radical (unpaired) electrons. The Morgan fingerprint density at radius 3 is 2.29 bits per heavy atom. The first-order valence-corrected chi connectivity index (χ1v) is 8.12. The molecule has 1 aromatic carbocycles. The van der Waals surface area contributed by atoms with Crippen molar-refractivity contribution in [3.8, 4) is 0 Å². The van der Waals surface area contributed by atoms with Crippen molar-refractivity contribution < 1.29 is 19.1 Å². The lowest BCUT2D eigenvalue weighted by Gasteiger charge is -2.25. The highest BCUT2D eigenvalue weighted by atomic mass is 16.5. The zero-order valence-corrected chi connectivity index (χ0v) is 14.5. The highest BCUT2D eigenvalue weighted by Crippen LogP contribution is 2.38. The number of benzene rings is 1. The molecule has 0 saturated heterocycles. The zero-order valence-electron chi connectivity index (χ0n) is 14.5. The number of anilines is 1. The van der Waals surface area contributed by atoms with E-state index in [0.717, 1.165) is 6.42 Å². The molecule has 1 saturated carbocycles. The van der Waals surface area contributed by atoms with Crippen molar-refractivity contribution in [1.82, 2.24) is 4.90 Å². The molecule has 1 aliphatic carbocycles. The number of amides is 2. The van der Waals surface area contributed by atoms with Gasteiger partial charge in [0, 0.05) is 23.2 Å². The Balaban J connectivity index is 2.03. The summed E-state index contributed by atoms with van der Waals surface area (Å²) >= 11 is 0. The minimum absolute atomic E-state index is 0.0241. The van der Waals surface area contributed by atoms with Crippen LogP contribution in [0.1, 0.15) is 37.6 Å². The third-order valence-corrected chi connectivity index (χ3v) is 4.26. The molecule has 0 aromatic heterocycles. The molecule has 2 rings (SSSR count). The number of hydrogen-bond donors (Lipinski definition) is 1. The highest BCUT2D eigenvalue weighted by molar-refractivity contribution is 5.98. The Bertz CT molecular complexity index is 624. The topological polar surface area (TPSA) is 75.7 Å². The molecule has 2 atom stereocenters. The van der Waals surface area contributed by atoms with Gasteiger partial charge in [-0.3, -0.25) is 14.4 Å². The van der Waals surface area contributed by atoms with Crippen molar-refractivity contribution in [2.45, 2.75) is 33.2 Å². The van der Waals surface area contributed by atoms with Crippen LogP contribution in [0.25, 0.3) is 0 Å². The van der Waals surface area contributed by atoms with Crippen LogP contribution in [0.5, 0.6) is 0 Å². The van der Waals surface area contributed by atoms with Gasteiger partial charge >= 0.3 is 5.97 Å². The maximum atomic E-state index is 12.6. The van der Waals surface area contributed by atoms with Crippen LogP contribution in [-0.2, 0) is 14.3 Å². The highest BCUT2D eigenvalue weighted by Gasteiger charge is 2.39. The van der Waals surface area contributed by atoms with Gasteiger partial charge in [0.1, 0.15) is 6.54 Å². The molecular formula is C18H24N2O4. The first kappa shape index (κ1) is 18.0. The SMILES string of the molecule is COC(=O)CN(C(=O)c1ccc(NC(=O)C2CC2C)cc1)C(C)C. The summed E-state index contributed by atoms with van der Waals surface area (Å²) in [6.07, 6.45) is 0.930. The molecule has 6 nitrogen and oxygen atoms in total. The molecule has 1 fully saturated rings. The van der Waals surface area contributed by atoms with Gasteiger partial charge in [-0.2, -0.15) is 0 Å². The maximum absolute atomic E-state index is 12.6. The Morgan fingerprint density at radius 2 is 1.83 bits per heavy atom. The summed E-state index contributed by atoms with van der Waals surface area (Å²) in [6.45, 7) is 5.64. The van der Waals surface area contributed by atoms with Crippen LogP contribution in [-0.4, -0.2) is 42.4 Å². The van der Waals surface area contributed by atoms with Gasteiger partial charge in [0.05, 0.1) is 7.11 Å². The molecule has 130 valence electrons. The minimum atomic E-state index is -0.459. The molecule has 0 spiro atoms. The third kappa shape index (κ3) is 4.34. The van der Waals surface area contributed by atoms with E-state index in [2.05, 4.69) is 10.1 Å². The van der Waals surface area contributed by atoms with Gasteiger partial charge < -0.3 is 15.0 Å². The van der Waals surface area contributed by atoms with Crippen molar-refractivity contribution in [1.29, 1.82) is 0 Å². The Morgan fingerprint density at radius 1 is 1.25 bits per heavy atom. The Hall–Kier alpha value is -2.37. The van der Waals surface area contributed by atoms with E-state index in [4.69, 9.17) is 0 Å². The van der Waals surface area contributed by atoms with Crippen LogP contribution in [0.2, 0.25) is 0 Å². The molecule has 2 amide bonds. The van der Waals surface area contributed by atoms with E-state index in [-0.39, 0.29) is 30.3 Å². The number of hydrogen-bond acceptors (Lipinski definition) is 4. The van der Waals surface area contributed by atoms with E-state index >= 15 is 0 Å². The summed E-state index contributed by atoms with van der Waals surface area (Å²) in [7, 11) is 1.30.